The summed E-state index contributed by atoms with van der Waals surface area (Å²) in [6, 6.07) is 0.405. The fraction of sp³-hybridized carbons (Fsp3) is 0.786. The SMILES string of the molecule is CCOC(=O)C1CCCC(NCCc2ncn(C)n2)C1. The summed E-state index contributed by atoms with van der Waals surface area (Å²) in [5, 5.41) is 7.76. The lowest BCUT2D eigenvalue weighted by Gasteiger charge is -2.28. The van der Waals surface area contributed by atoms with Crippen LogP contribution in [-0.2, 0) is 23.0 Å². The Hall–Kier alpha value is -1.43. The number of carbonyl (C=O) groups excluding carboxylic acids is 1. The molecular weight excluding hydrogens is 256 g/mol. The topological polar surface area (TPSA) is 69.0 Å². The van der Waals surface area contributed by atoms with Gasteiger partial charge in [-0.2, -0.15) is 5.10 Å². The van der Waals surface area contributed by atoms with E-state index < -0.39 is 0 Å². The monoisotopic (exact) mass is 280 g/mol. The van der Waals surface area contributed by atoms with Crippen molar-refractivity contribution < 1.29 is 9.53 Å². The van der Waals surface area contributed by atoms with Crippen LogP contribution in [0.15, 0.2) is 6.33 Å². The standard InChI is InChI=1S/C14H24N4O2/c1-3-20-14(19)11-5-4-6-12(9-11)15-8-7-13-16-10-18(2)17-13/h10-12,15H,3-9H2,1-2H3. The molecule has 1 heterocycles. The zero-order valence-electron chi connectivity index (χ0n) is 12.3. The second-order valence-corrected chi connectivity index (χ2v) is 5.35. The molecule has 0 saturated heterocycles. The van der Waals surface area contributed by atoms with Crippen molar-refractivity contribution in [3.8, 4) is 0 Å². The number of ether oxygens (including phenoxy) is 1. The molecule has 0 aliphatic heterocycles. The maximum atomic E-state index is 11.8. The first-order valence-corrected chi connectivity index (χ1v) is 7.43. The zero-order chi connectivity index (χ0) is 14.4. The average Bonchev–Trinajstić information content (AvgIpc) is 2.85. The Labute approximate surface area is 119 Å². The van der Waals surface area contributed by atoms with Crippen molar-refractivity contribution in [1.82, 2.24) is 20.1 Å². The molecule has 0 amide bonds. The van der Waals surface area contributed by atoms with Gasteiger partial charge in [-0.05, 0) is 26.2 Å². The van der Waals surface area contributed by atoms with Crippen molar-refractivity contribution >= 4 is 5.97 Å². The van der Waals surface area contributed by atoms with Gasteiger partial charge >= 0.3 is 5.97 Å². The van der Waals surface area contributed by atoms with Gasteiger partial charge in [0.1, 0.15) is 6.33 Å². The van der Waals surface area contributed by atoms with Gasteiger partial charge in [-0.3, -0.25) is 9.48 Å². The smallest absolute Gasteiger partial charge is 0.308 e. The minimum atomic E-state index is -0.0367. The Bertz CT molecular complexity index is 433. The largest absolute Gasteiger partial charge is 0.466 e. The van der Waals surface area contributed by atoms with Crippen molar-refractivity contribution in [3.05, 3.63) is 12.2 Å². The number of hydrogen-bond donors (Lipinski definition) is 1. The van der Waals surface area contributed by atoms with Gasteiger partial charge in [-0.1, -0.05) is 6.42 Å². The van der Waals surface area contributed by atoms with Crippen LogP contribution in [-0.4, -0.2) is 39.9 Å². The van der Waals surface area contributed by atoms with E-state index in [4.69, 9.17) is 4.74 Å². The number of aryl methyl sites for hydroxylation is 1. The lowest BCUT2D eigenvalue weighted by atomic mass is 9.85. The first-order valence-electron chi connectivity index (χ1n) is 7.43. The Kier molecular flexibility index (Phi) is 5.52. The molecule has 0 radical (unpaired) electrons. The molecule has 1 aromatic rings. The summed E-state index contributed by atoms with van der Waals surface area (Å²) >= 11 is 0. The highest BCUT2D eigenvalue weighted by atomic mass is 16.5. The van der Waals surface area contributed by atoms with Crippen LogP contribution in [0.2, 0.25) is 0 Å². The number of esters is 1. The van der Waals surface area contributed by atoms with Crippen LogP contribution in [0, 0.1) is 5.92 Å². The third kappa shape index (κ3) is 4.30. The maximum Gasteiger partial charge on any atom is 0.308 e. The molecule has 6 nitrogen and oxygen atoms in total. The fourth-order valence-corrected chi connectivity index (χ4v) is 2.74. The molecule has 1 fully saturated rings. The molecule has 112 valence electrons. The van der Waals surface area contributed by atoms with E-state index in [1.54, 1.807) is 11.0 Å². The van der Waals surface area contributed by atoms with E-state index >= 15 is 0 Å². The Balaban J connectivity index is 1.71. The molecule has 0 aromatic carbocycles. The summed E-state index contributed by atoms with van der Waals surface area (Å²) in [6.45, 7) is 3.18. The van der Waals surface area contributed by atoms with Crippen molar-refractivity contribution in [2.75, 3.05) is 13.2 Å². The maximum absolute atomic E-state index is 11.8. The molecule has 1 aromatic heterocycles. The molecule has 2 unspecified atom stereocenters. The third-order valence-electron chi connectivity index (χ3n) is 3.72. The van der Waals surface area contributed by atoms with Crippen LogP contribution in [0.5, 0.6) is 0 Å². The molecule has 1 aliphatic carbocycles. The minimum Gasteiger partial charge on any atom is -0.466 e. The van der Waals surface area contributed by atoms with Crippen LogP contribution < -0.4 is 5.32 Å². The van der Waals surface area contributed by atoms with Crippen LogP contribution in [0.4, 0.5) is 0 Å². The predicted octanol–water partition coefficient (Wildman–Crippen LogP) is 1.07. The summed E-state index contributed by atoms with van der Waals surface area (Å²) in [4.78, 5) is 16.0. The van der Waals surface area contributed by atoms with Gasteiger partial charge < -0.3 is 10.1 Å². The molecule has 1 saturated carbocycles. The van der Waals surface area contributed by atoms with Gasteiger partial charge in [0, 0.05) is 26.1 Å². The van der Waals surface area contributed by atoms with Crippen LogP contribution in [0.3, 0.4) is 0 Å². The van der Waals surface area contributed by atoms with Crippen LogP contribution >= 0.6 is 0 Å². The number of nitrogens with zero attached hydrogens (tertiary/aromatic N) is 3. The van der Waals surface area contributed by atoms with Gasteiger partial charge in [-0.25, -0.2) is 4.98 Å². The van der Waals surface area contributed by atoms with Gasteiger partial charge in [-0.15, -0.1) is 0 Å². The highest BCUT2D eigenvalue weighted by Gasteiger charge is 2.27. The molecule has 1 N–H and O–H groups in total. The Morgan fingerprint density at radius 2 is 2.40 bits per heavy atom. The lowest BCUT2D eigenvalue weighted by molar-refractivity contribution is -0.149. The van der Waals surface area contributed by atoms with Gasteiger partial charge in [0.25, 0.3) is 0 Å². The summed E-state index contributed by atoms with van der Waals surface area (Å²) in [7, 11) is 1.87. The lowest BCUT2D eigenvalue weighted by Crippen LogP contribution is -2.38. The molecule has 0 spiro atoms. The number of rotatable bonds is 6. The average molecular weight is 280 g/mol. The number of nitrogens with one attached hydrogen (secondary N) is 1. The highest BCUT2D eigenvalue weighted by Crippen LogP contribution is 2.25. The highest BCUT2D eigenvalue weighted by molar-refractivity contribution is 5.72. The quantitative estimate of drug-likeness (QED) is 0.789. The van der Waals surface area contributed by atoms with Crippen molar-refractivity contribution in [1.29, 1.82) is 0 Å². The summed E-state index contributed by atoms with van der Waals surface area (Å²) in [6.07, 6.45) is 6.59. The molecule has 1 aliphatic rings. The Morgan fingerprint density at radius 1 is 1.55 bits per heavy atom. The normalized spacial score (nSPS) is 22.7. The minimum absolute atomic E-state index is 0.0367. The van der Waals surface area contributed by atoms with Crippen LogP contribution in [0.25, 0.3) is 0 Å². The molecule has 20 heavy (non-hydrogen) atoms. The van der Waals surface area contributed by atoms with E-state index in [1.165, 1.54) is 0 Å². The molecule has 0 bridgehead atoms. The third-order valence-corrected chi connectivity index (χ3v) is 3.72. The van der Waals surface area contributed by atoms with E-state index in [-0.39, 0.29) is 11.9 Å². The van der Waals surface area contributed by atoms with Crippen molar-refractivity contribution in [2.24, 2.45) is 13.0 Å². The summed E-state index contributed by atoms with van der Waals surface area (Å²) < 4.78 is 6.83. The van der Waals surface area contributed by atoms with Crippen LogP contribution in [0.1, 0.15) is 38.4 Å². The second-order valence-electron chi connectivity index (χ2n) is 5.35. The van der Waals surface area contributed by atoms with E-state index in [0.29, 0.717) is 12.6 Å². The van der Waals surface area contributed by atoms with Gasteiger partial charge in [0.15, 0.2) is 5.82 Å². The number of aromatic nitrogens is 3. The van der Waals surface area contributed by atoms with Gasteiger partial charge in [0.2, 0.25) is 0 Å². The van der Waals surface area contributed by atoms with E-state index in [0.717, 1.165) is 44.5 Å². The molecule has 2 rings (SSSR count). The summed E-state index contributed by atoms with van der Waals surface area (Å²) in [5.41, 5.74) is 0. The van der Waals surface area contributed by atoms with E-state index in [2.05, 4.69) is 15.4 Å². The van der Waals surface area contributed by atoms with E-state index in [9.17, 15) is 4.79 Å². The first kappa shape index (κ1) is 15.0. The van der Waals surface area contributed by atoms with E-state index in [1.807, 2.05) is 14.0 Å². The van der Waals surface area contributed by atoms with Crippen molar-refractivity contribution in [2.45, 2.75) is 45.1 Å². The first-order chi connectivity index (χ1) is 9.69. The number of hydrogen-bond acceptors (Lipinski definition) is 5. The molecule has 2 atom stereocenters. The van der Waals surface area contributed by atoms with Gasteiger partial charge in [0.05, 0.1) is 12.5 Å². The second kappa shape index (κ2) is 7.38. The fourth-order valence-electron chi connectivity index (χ4n) is 2.74. The predicted molar refractivity (Wildman–Crippen MR) is 75.1 cm³/mol. The zero-order valence-corrected chi connectivity index (χ0v) is 12.3. The van der Waals surface area contributed by atoms with Crippen molar-refractivity contribution in [3.63, 3.8) is 0 Å². The molecule has 6 heteroatoms. The summed E-state index contributed by atoms with van der Waals surface area (Å²) in [5.74, 6) is 0.886. The Morgan fingerprint density at radius 3 is 3.10 bits per heavy atom. The molecular formula is C14H24N4O2. The number of carbonyl (C=O) groups is 1.